The van der Waals surface area contributed by atoms with Crippen LogP contribution >= 0.6 is 0 Å². The molecule has 4 aliphatic rings. The summed E-state index contributed by atoms with van der Waals surface area (Å²) in [6.07, 6.45) is 12.7. The lowest BCUT2D eigenvalue weighted by atomic mass is 9.47. The van der Waals surface area contributed by atoms with Gasteiger partial charge in [-0.3, -0.25) is 5.26 Å². The lowest BCUT2D eigenvalue weighted by Gasteiger charge is -2.58. The van der Waals surface area contributed by atoms with Crippen LogP contribution in [0.4, 0.5) is 0 Å². The second kappa shape index (κ2) is 8.33. The molecule has 0 bridgehead atoms. The Balaban J connectivity index is 1.52. The summed E-state index contributed by atoms with van der Waals surface area (Å²) in [6.45, 7) is 16.5. The molecule has 0 aliphatic heterocycles. The molecule has 2 fully saturated rings. The Morgan fingerprint density at radius 3 is 2.38 bits per heavy atom. The van der Waals surface area contributed by atoms with Gasteiger partial charge in [-0.05, 0) is 97.2 Å². The van der Waals surface area contributed by atoms with Gasteiger partial charge in [0.25, 0.3) is 0 Å². The fourth-order valence-electron chi connectivity index (χ4n) is 7.61. The van der Waals surface area contributed by atoms with Crippen molar-refractivity contribution >= 4 is 8.32 Å². The summed E-state index contributed by atoms with van der Waals surface area (Å²) in [5.74, 6) is 1.98. The van der Waals surface area contributed by atoms with E-state index in [4.69, 9.17) is 4.43 Å². The fraction of sp³-hybridized carbons (Fsp3) is 0.852. The molecule has 5 heteroatoms. The first-order chi connectivity index (χ1) is 14.9. The van der Waals surface area contributed by atoms with Crippen LogP contribution in [0, 0.1) is 28.6 Å². The van der Waals surface area contributed by atoms with Gasteiger partial charge in [0, 0.05) is 6.10 Å². The summed E-state index contributed by atoms with van der Waals surface area (Å²) in [5.41, 5.74) is 3.11. The van der Waals surface area contributed by atoms with Gasteiger partial charge in [0.15, 0.2) is 8.32 Å². The average Bonchev–Trinajstić information content (AvgIpc) is 3.05. The molecule has 7 atom stereocenters. The Morgan fingerprint density at radius 1 is 1.06 bits per heavy atom. The molecule has 0 amide bonds. The Labute approximate surface area is 196 Å². The Morgan fingerprint density at radius 2 is 1.75 bits per heavy atom. The van der Waals surface area contributed by atoms with Crippen molar-refractivity contribution in [3.8, 4) is 0 Å². The van der Waals surface area contributed by atoms with Crippen LogP contribution in [0.1, 0.15) is 79.6 Å². The van der Waals surface area contributed by atoms with Crippen LogP contribution in [0.15, 0.2) is 23.3 Å². The number of aliphatic hydroxyl groups is 1. The smallest absolute Gasteiger partial charge is 0.192 e. The Kier molecular flexibility index (Phi) is 6.42. The SMILES string of the molecule is CC(C)(C)[Si](C)(C)O[C@H]1CC[C@@]2(C)C(=CC[C@@H]3[C@@H]2CC[C@]2(C)C([C@@H](CO)OO)=CC[C@@H]32)C1. The van der Waals surface area contributed by atoms with E-state index in [2.05, 4.69) is 64.8 Å². The van der Waals surface area contributed by atoms with Crippen molar-refractivity contribution in [2.45, 2.75) is 110 Å². The van der Waals surface area contributed by atoms with Crippen LogP contribution in [0.5, 0.6) is 0 Å². The predicted octanol–water partition coefficient (Wildman–Crippen LogP) is 6.73. The molecule has 0 aromatic rings. The molecule has 0 unspecified atom stereocenters. The van der Waals surface area contributed by atoms with Gasteiger partial charge in [0.2, 0.25) is 0 Å². The fourth-order valence-corrected chi connectivity index (χ4v) is 9.00. The minimum absolute atomic E-state index is 0.0294. The third-order valence-corrected chi connectivity index (χ3v) is 15.1. The second-order valence-electron chi connectivity index (χ2n) is 13.1. The molecular formula is C27H46O4Si. The van der Waals surface area contributed by atoms with Gasteiger partial charge in [-0.2, -0.15) is 0 Å². The topological polar surface area (TPSA) is 58.9 Å². The highest BCUT2D eigenvalue weighted by Crippen LogP contribution is 2.65. The lowest BCUT2D eigenvalue weighted by molar-refractivity contribution is -0.277. The van der Waals surface area contributed by atoms with Gasteiger partial charge in [0.1, 0.15) is 6.10 Å². The van der Waals surface area contributed by atoms with Gasteiger partial charge in [0.05, 0.1) is 6.61 Å². The molecule has 4 rings (SSSR count). The van der Waals surface area contributed by atoms with E-state index in [0.29, 0.717) is 23.4 Å². The molecular weight excluding hydrogens is 416 g/mol. The van der Waals surface area contributed by atoms with Gasteiger partial charge >= 0.3 is 0 Å². The van der Waals surface area contributed by atoms with E-state index >= 15 is 0 Å². The number of rotatable bonds is 5. The zero-order valence-corrected chi connectivity index (χ0v) is 22.4. The van der Waals surface area contributed by atoms with Crippen molar-refractivity contribution in [3.63, 3.8) is 0 Å². The third kappa shape index (κ3) is 3.80. The predicted molar refractivity (Wildman–Crippen MR) is 132 cm³/mol. The van der Waals surface area contributed by atoms with E-state index < -0.39 is 14.4 Å². The summed E-state index contributed by atoms with van der Waals surface area (Å²) in [7, 11) is -1.75. The van der Waals surface area contributed by atoms with Crippen LogP contribution < -0.4 is 0 Å². The van der Waals surface area contributed by atoms with E-state index in [0.717, 1.165) is 37.2 Å². The monoisotopic (exact) mass is 462 g/mol. The molecule has 4 nitrogen and oxygen atoms in total. The average molecular weight is 463 g/mol. The van der Waals surface area contributed by atoms with Crippen molar-refractivity contribution in [1.29, 1.82) is 0 Å². The molecule has 32 heavy (non-hydrogen) atoms. The lowest BCUT2D eigenvalue weighted by Crippen LogP contribution is -2.52. The number of allylic oxidation sites excluding steroid dienone is 2. The maximum absolute atomic E-state index is 9.73. The zero-order chi connectivity index (χ0) is 23.5. The van der Waals surface area contributed by atoms with Crippen molar-refractivity contribution in [1.82, 2.24) is 0 Å². The largest absolute Gasteiger partial charge is 0.414 e. The van der Waals surface area contributed by atoms with E-state index in [9.17, 15) is 10.4 Å². The molecule has 2 N–H and O–H groups in total. The summed E-state index contributed by atoms with van der Waals surface area (Å²) in [6, 6.07) is 0. The third-order valence-electron chi connectivity index (χ3n) is 10.6. The molecule has 4 aliphatic carbocycles. The first-order valence-electron chi connectivity index (χ1n) is 12.9. The van der Waals surface area contributed by atoms with E-state index in [1.807, 2.05) is 0 Å². The van der Waals surface area contributed by atoms with Gasteiger partial charge in [-0.15, -0.1) is 0 Å². The van der Waals surface area contributed by atoms with Gasteiger partial charge in [-0.25, -0.2) is 4.89 Å². The highest BCUT2D eigenvalue weighted by molar-refractivity contribution is 6.74. The molecule has 0 spiro atoms. The quantitative estimate of drug-likeness (QED) is 0.206. The number of fused-ring (bicyclic) bond motifs is 5. The summed E-state index contributed by atoms with van der Waals surface area (Å²) < 4.78 is 6.85. The first-order valence-corrected chi connectivity index (χ1v) is 15.8. The van der Waals surface area contributed by atoms with Crippen LogP contribution in [0.3, 0.4) is 0 Å². The Bertz CT molecular complexity index is 777. The highest BCUT2D eigenvalue weighted by atomic mass is 28.4. The highest BCUT2D eigenvalue weighted by Gasteiger charge is 2.58. The maximum Gasteiger partial charge on any atom is 0.192 e. The first kappa shape index (κ1) is 24.7. The number of hydrogen-bond acceptors (Lipinski definition) is 4. The van der Waals surface area contributed by atoms with Crippen molar-refractivity contribution in [2.75, 3.05) is 6.61 Å². The van der Waals surface area contributed by atoms with E-state index in [1.165, 1.54) is 19.3 Å². The van der Waals surface area contributed by atoms with Gasteiger partial charge < -0.3 is 9.53 Å². The van der Waals surface area contributed by atoms with Gasteiger partial charge in [-0.1, -0.05) is 52.3 Å². The summed E-state index contributed by atoms with van der Waals surface area (Å²) in [4.78, 5) is 4.67. The molecule has 0 heterocycles. The zero-order valence-electron chi connectivity index (χ0n) is 21.4. The molecule has 0 aromatic carbocycles. The molecule has 182 valence electrons. The summed E-state index contributed by atoms with van der Waals surface area (Å²) >= 11 is 0. The van der Waals surface area contributed by atoms with Crippen LogP contribution in [0.25, 0.3) is 0 Å². The van der Waals surface area contributed by atoms with E-state index in [-0.39, 0.29) is 17.1 Å². The molecule has 2 saturated carbocycles. The maximum atomic E-state index is 9.73. The van der Waals surface area contributed by atoms with E-state index in [1.54, 1.807) is 5.57 Å². The minimum atomic E-state index is -1.75. The number of aliphatic hydroxyl groups excluding tert-OH is 1. The van der Waals surface area contributed by atoms with Crippen molar-refractivity contribution in [2.24, 2.45) is 28.6 Å². The normalized spacial score (nSPS) is 40.7. The van der Waals surface area contributed by atoms with Crippen LogP contribution in [-0.4, -0.2) is 37.5 Å². The summed E-state index contributed by atoms with van der Waals surface area (Å²) in [5, 5.41) is 19.3. The standard InChI is InChI=1S/C27H46O4Si/c1-25(2,3)32(6,7)31-19-12-14-26(4)18(16-19)8-9-20-21-10-11-23(24(17-28)30-29)27(21,5)15-13-22(20)26/h8,11,19-22,24,28-29H,9-10,12-17H2,1-7H3/t19-,20-,21-,22-,24+,26-,27-/m0/s1. The minimum Gasteiger partial charge on any atom is -0.414 e. The van der Waals surface area contributed by atoms with Crippen molar-refractivity contribution < 1.29 is 19.7 Å². The number of hydrogen-bond donors (Lipinski definition) is 2. The molecule has 0 radical (unpaired) electrons. The Hall–Kier alpha value is -0.463. The second-order valence-corrected chi connectivity index (χ2v) is 17.9. The molecule has 0 saturated heterocycles. The van der Waals surface area contributed by atoms with Crippen LogP contribution in [0.2, 0.25) is 18.1 Å². The van der Waals surface area contributed by atoms with Crippen molar-refractivity contribution in [3.05, 3.63) is 23.3 Å². The molecule has 0 aromatic heterocycles. The van der Waals surface area contributed by atoms with Crippen LogP contribution in [-0.2, 0) is 9.31 Å².